The van der Waals surface area contributed by atoms with Crippen LogP contribution in [0.5, 0.6) is 0 Å². The molecule has 5 nitrogen and oxygen atoms in total. The number of carbonyl (C=O) groups is 2. The van der Waals surface area contributed by atoms with Crippen LogP contribution in [0.25, 0.3) is 0 Å². The Hall–Kier alpha value is -1.10. The highest BCUT2D eigenvalue weighted by molar-refractivity contribution is 5.77. The van der Waals surface area contributed by atoms with Gasteiger partial charge in [0.25, 0.3) is 0 Å². The highest BCUT2D eigenvalue weighted by Gasteiger charge is 2.15. The normalized spacial score (nSPS) is 12.8. The summed E-state index contributed by atoms with van der Waals surface area (Å²) in [5.41, 5.74) is 0. The van der Waals surface area contributed by atoms with E-state index in [1.807, 2.05) is 19.0 Å². The second-order valence-electron chi connectivity index (χ2n) is 5.31. The van der Waals surface area contributed by atoms with Crippen LogP contribution < -0.4 is 5.32 Å². The molecule has 18 heavy (non-hydrogen) atoms. The number of rotatable bonds is 9. The van der Waals surface area contributed by atoms with Gasteiger partial charge in [0.2, 0.25) is 5.91 Å². The minimum absolute atomic E-state index is 0.0146. The van der Waals surface area contributed by atoms with Crippen LogP contribution in [-0.2, 0) is 9.59 Å². The van der Waals surface area contributed by atoms with Crippen LogP contribution in [0.3, 0.4) is 0 Å². The number of nitrogens with one attached hydrogen (secondary N) is 1. The molecule has 2 N–H and O–H groups in total. The Kier molecular flexibility index (Phi) is 8.37. The molecule has 0 saturated heterocycles. The predicted octanol–water partition coefficient (Wildman–Crippen LogP) is 1.19. The molecule has 106 valence electrons. The zero-order chi connectivity index (χ0) is 14.1. The van der Waals surface area contributed by atoms with Gasteiger partial charge in [-0.2, -0.15) is 0 Å². The molecule has 0 aromatic carbocycles. The molecule has 1 unspecified atom stereocenters. The summed E-state index contributed by atoms with van der Waals surface area (Å²) in [6.45, 7) is 5.19. The van der Waals surface area contributed by atoms with Crippen LogP contribution in [0.2, 0.25) is 0 Å². The largest absolute Gasteiger partial charge is 0.481 e. The minimum atomic E-state index is -0.753. The molecule has 0 saturated carbocycles. The summed E-state index contributed by atoms with van der Waals surface area (Å²) in [4.78, 5) is 23.8. The molecule has 5 heteroatoms. The quantitative estimate of drug-likeness (QED) is 0.652. The monoisotopic (exact) mass is 258 g/mol. The van der Waals surface area contributed by atoms with Crippen LogP contribution in [0, 0.1) is 11.8 Å². The van der Waals surface area contributed by atoms with Crippen molar-refractivity contribution in [3.8, 4) is 0 Å². The molecule has 0 aromatic rings. The molecule has 1 atom stereocenters. The first-order chi connectivity index (χ1) is 8.32. The third-order valence-corrected chi connectivity index (χ3v) is 2.97. The molecule has 0 aliphatic carbocycles. The van der Waals surface area contributed by atoms with Crippen molar-refractivity contribution in [1.82, 2.24) is 10.2 Å². The maximum absolute atomic E-state index is 11.4. The van der Waals surface area contributed by atoms with Crippen molar-refractivity contribution in [3.05, 3.63) is 0 Å². The fourth-order valence-electron chi connectivity index (χ4n) is 1.86. The van der Waals surface area contributed by atoms with Crippen LogP contribution in [-0.4, -0.2) is 49.1 Å². The van der Waals surface area contributed by atoms with Gasteiger partial charge in [-0.25, -0.2) is 0 Å². The fourth-order valence-corrected chi connectivity index (χ4v) is 1.86. The number of carboxylic acids is 1. The summed E-state index contributed by atoms with van der Waals surface area (Å²) in [5.74, 6) is 0.0499. The average molecular weight is 258 g/mol. The molecule has 0 aromatic heterocycles. The van der Waals surface area contributed by atoms with E-state index >= 15 is 0 Å². The molecular formula is C13H26N2O3. The molecular weight excluding hydrogens is 232 g/mol. The van der Waals surface area contributed by atoms with Crippen molar-refractivity contribution >= 4 is 11.9 Å². The molecule has 0 bridgehead atoms. The first kappa shape index (κ1) is 16.9. The molecule has 0 rings (SSSR count). The van der Waals surface area contributed by atoms with Crippen molar-refractivity contribution < 1.29 is 14.7 Å². The number of hydrogen-bond donors (Lipinski definition) is 2. The summed E-state index contributed by atoms with van der Waals surface area (Å²) < 4.78 is 0. The number of likely N-dealkylation sites (N-methyl/N-ethyl adjacent to an activating group) is 1. The Bertz CT molecular complexity index is 265. The lowest BCUT2D eigenvalue weighted by atomic mass is 9.88. The van der Waals surface area contributed by atoms with Crippen LogP contribution >= 0.6 is 0 Å². The number of hydrogen-bond acceptors (Lipinski definition) is 3. The second kappa shape index (κ2) is 8.91. The van der Waals surface area contributed by atoms with E-state index in [1.54, 1.807) is 0 Å². The summed E-state index contributed by atoms with van der Waals surface area (Å²) in [6.07, 6.45) is 1.72. The maximum atomic E-state index is 11.4. The van der Waals surface area contributed by atoms with Crippen LogP contribution in [0.4, 0.5) is 0 Å². The number of amides is 1. The third kappa shape index (κ3) is 8.98. The zero-order valence-electron chi connectivity index (χ0n) is 11.9. The van der Waals surface area contributed by atoms with E-state index in [1.165, 1.54) is 0 Å². The van der Waals surface area contributed by atoms with Crippen LogP contribution in [0.15, 0.2) is 0 Å². The van der Waals surface area contributed by atoms with Crippen molar-refractivity contribution in [3.63, 3.8) is 0 Å². The zero-order valence-corrected chi connectivity index (χ0v) is 11.9. The number of aliphatic carboxylic acids is 1. The third-order valence-electron chi connectivity index (χ3n) is 2.97. The molecule has 1 amide bonds. The van der Waals surface area contributed by atoms with E-state index in [4.69, 9.17) is 5.11 Å². The minimum Gasteiger partial charge on any atom is -0.481 e. The molecule has 0 radical (unpaired) electrons. The SMILES string of the molecule is CC(C)C(CCNC(=O)CN(C)C)CCC(=O)O. The van der Waals surface area contributed by atoms with Gasteiger partial charge in [0.1, 0.15) is 0 Å². The van der Waals surface area contributed by atoms with Crippen molar-refractivity contribution in [2.24, 2.45) is 11.8 Å². The van der Waals surface area contributed by atoms with Crippen LogP contribution in [0.1, 0.15) is 33.1 Å². The van der Waals surface area contributed by atoms with Crippen molar-refractivity contribution in [1.29, 1.82) is 0 Å². The van der Waals surface area contributed by atoms with E-state index in [-0.39, 0.29) is 12.3 Å². The average Bonchev–Trinajstić information content (AvgIpc) is 2.20. The van der Waals surface area contributed by atoms with Gasteiger partial charge in [0, 0.05) is 13.0 Å². The highest BCUT2D eigenvalue weighted by atomic mass is 16.4. The highest BCUT2D eigenvalue weighted by Crippen LogP contribution is 2.20. The number of carboxylic acid groups (broad SMARTS) is 1. The smallest absolute Gasteiger partial charge is 0.303 e. The Morgan fingerprint density at radius 2 is 1.83 bits per heavy atom. The van der Waals surface area contributed by atoms with Gasteiger partial charge in [-0.1, -0.05) is 13.8 Å². The Labute approximate surface area is 110 Å². The fraction of sp³-hybridized carbons (Fsp3) is 0.846. The first-order valence-electron chi connectivity index (χ1n) is 6.46. The van der Waals surface area contributed by atoms with Gasteiger partial charge in [-0.05, 0) is 38.8 Å². The Morgan fingerprint density at radius 3 is 2.28 bits per heavy atom. The molecule has 0 heterocycles. The Morgan fingerprint density at radius 1 is 1.22 bits per heavy atom. The summed E-state index contributed by atoms with van der Waals surface area (Å²) in [7, 11) is 3.70. The molecule has 0 fully saturated rings. The topological polar surface area (TPSA) is 69.6 Å². The standard InChI is InChI=1S/C13H26N2O3/c1-10(2)11(5-6-13(17)18)7-8-14-12(16)9-15(3)4/h10-11H,5-9H2,1-4H3,(H,14,16)(H,17,18). The summed E-state index contributed by atoms with van der Waals surface area (Å²) in [6, 6.07) is 0. The van der Waals surface area contributed by atoms with Gasteiger partial charge in [0.15, 0.2) is 0 Å². The Balaban J connectivity index is 3.90. The van der Waals surface area contributed by atoms with E-state index in [0.29, 0.717) is 31.3 Å². The van der Waals surface area contributed by atoms with Gasteiger partial charge in [-0.15, -0.1) is 0 Å². The molecule has 0 aliphatic heterocycles. The number of nitrogens with zero attached hydrogens (tertiary/aromatic N) is 1. The maximum Gasteiger partial charge on any atom is 0.303 e. The van der Waals surface area contributed by atoms with Crippen molar-refractivity contribution in [2.45, 2.75) is 33.1 Å². The second-order valence-corrected chi connectivity index (χ2v) is 5.31. The van der Waals surface area contributed by atoms with Gasteiger partial charge in [-0.3, -0.25) is 9.59 Å². The van der Waals surface area contributed by atoms with Crippen molar-refractivity contribution in [2.75, 3.05) is 27.2 Å². The van der Waals surface area contributed by atoms with E-state index in [9.17, 15) is 9.59 Å². The lowest BCUT2D eigenvalue weighted by Gasteiger charge is -2.20. The number of carbonyl (C=O) groups excluding carboxylic acids is 1. The molecule has 0 aliphatic rings. The summed E-state index contributed by atoms with van der Waals surface area (Å²) >= 11 is 0. The summed E-state index contributed by atoms with van der Waals surface area (Å²) in [5, 5.41) is 11.5. The molecule has 0 spiro atoms. The first-order valence-corrected chi connectivity index (χ1v) is 6.46. The lowest BCUT2D eigenvalue weighted by molar-refractivity contribution is -0.137. The predicted molar refractivity (Wildman–Crippen MR) is 71.4 cm³/mol. The van der Waals surface area contributed by atoms with Gasteiger partial charge < -0.3 is 15.3 Å². The lowest BCUT2D eigenvalue weighted by Crippen LogP contribution is -2.34. The van der Waals surface area contributed by atoms with E-state index < -0.39 is 5.97 Å². The van der Waals surface area contributed by atoms with Gasteiger partial charge >= 0.3 is 5.97 Å². The van der Waals surface area contributed by atoms with E-state index in [2.05, 4.69) is 19.2 Å². The van der Waals surface area contributed by atoms with Gasteiger partial charge in [0.05, 0.1) is 6.54 Å². The van der Waals surface area contributed by atoms with E-state index in [0.717, 1.165) is 6.42 Å².